The minimum Gasteiger partial charge on any atom is -0.477 e. The second-order valence-electron chi connectivity index (χ2n) is 6.12. The molecule has 1 aliphatic rings. The average molecular weight is 403 g/mol. The number of likely N-dealkylation sites (N-methyl/N-ethyl adjacent to an activating group) is 1. The van der Waals surface area contributed by atoms with Gasteiger partial charge in [-0.25, -0.2) is 14.8 Å². The summed E-state index contributed by atoms with van der Waals surface area (Å²) in [5.41, 5.74) is -0.409. The first kappa shape index (κ1) is 19.9. The van der Waals surface area contributed by atoms with E-state index in [9.17, 15) is 14.7 Å². The van der Waals surface area contributed by atoms with Crippen LogP contribution >= 0.6 is 11.3 Å². The van der Waals surface area contributed by atoms with Gasteiger partial charge in [0.25, 0.3) is 0 Å². The number of hydrogen-bond donors (Lipinski definition) is 3. The number of anilines is 1. The molecule has 1 aliphatic heterocycles. The Morgan fingerprint density at radius 3 is 2.75 bits per heavy atom. The highest BCUT2D eigenvalue weighted by Crippen LogP contribution is 2.23. The van der Waals surface area contributed by atoms with E-state index >= 15 is 0 Å². The minimum absolute atomic E-state index is 0.271. The maximum absolute atomic E-state index is 12.5. The van der Waals surface area contributed by atoms with Crippen molar-refractivity contribution in [1.29, 1.82) is 0 Å². The predicted molar refractivity (Wildman–Crippen MR) is 108 cm³/mol. The Hall–Kier alpha value is -2.82. The summed E-state index contributed by atoms with van der Waals surface area (Å²) in [6.45, 7) is 1.71. The number of carboxylic acids is 1. The predicted octanol–water partition coefficient (Wildman–Crippen LogP) is 0.947. The highest BCUT2D eigenvalue weighted by atomic mass is 32.1. The first-order valence-electron chi connectivity index (χ1n) is 8.65. The molecule has 148 valence electrons. The number of nitrogens with one attached hydrogen (secondary N) is 1. The van der Waals surface area contributed by atoms with E-state index in [-0.39, 0.29) is 10.9 Å². The number of hydrogen-bond acceptors (Lipinski definition) is 8. The number of aromatic nitrogens is 3. The van der Waals surface area contributed by atoms with Gasteiger partial charge < -0.3 is 20.4 Å². The van der Waals surface area contributed by atoms with Crippen LogP contribution in [0.15, 0.2) is 34.7 Å². The van der Waals surface area contributed by atoms with Gasteiger partial charge in [0.1, 0.15) is 11.4 Å². The Kier molecular flexibility index (Phi) is 6.02. The fraction of sp³-hybridized carbons (Fsp3) is 0.333. The molecule has 1 unspecified atom stereocenters. The molecular formula is C18H21N5O4S. The van der Waals surface area contributed by atoms with E-state index in [4.69, 9.17) is 5.11 Å². The Morgan fingerprint density at radius 1 is 1.36 bits per heavy atom. The lowest BCUT2D eigenvalue weighted by Gasteiger charge is -2.18. The van der Waals surface area contributed by atoms with Crippen molar-refractivity contribution in [3.8, 4) is 5.13 Å². The lowest BCUT2D eigenvalue weighted by molar-refractivity contribution is 0.0695. The smallest absolute Gasteiger partial charge is 0.341 e. The van der Waals surface area contributed by atoms with Crippen LogP contribution in [-0.2, 0) is 0 Å². The molecule has 0 saturated carbocycles. The number of pyridine rings is 2. The molecule has 3 aromatic rings. The number of fused-ring (bicyclic) bond motifs is 1. The third-order valence-electron chi connectivity index (χ3n) is 4.61. The van der Waals surface area contributed by atoms with Crippen LogP contribution in [0.2, 0.25) is 0 Å². The Bertz CT molecular complexity index is 1030. The zero-order valence-corrected chi connectivity index (χ0v) is 16.3. The van der Waals surface area contributed by atoms with Gasteiger partial charge in [-0.1, -0.05) is 0 Å². The molecule has 1 saturated heterocycles. The van der Waals surface area contributed by atoms with E-state index in [0.717, 1.165) is 32.4 Å². The Morgan fingerprint density at radius 2 is 2.14 bits per heavy atom. The van der Waals surface area contributed by atoms with Gasteiger partial charge in [0.15, 0.2) is 10.8 Å². The summed E-state index contributed by atoms with van der Waals surface area (Å²) in [6.07, 6.45) is 3.96. The van der Waals surface area contributed by atoms with Gasteiger partial charge in [-0.2, -0.15) is 0 Å². The molecule has 1 atom stereocenters. The molecule has 4 rings (SSSR count). The zero-order valence-electron chi connectivity index (χ0n) is 15.5. The van der Waals surface area contributed by atoms with Crippen molar-refractivity contribution in [2.24, 2.45) is 0 Å². The maximum atomic E-state index is 12.5. The molecule has 3 N–H and O–H groups in total. The summed E-state index contributed by atoms with van der Waals surface area (Å²) in [7, 11) is 2.94. The highest BCUT2D eigenvalue weighted by molar-refractivity contribution is 7.12. The van der Waals surface area contributed by atoms with E-state index in [1.807, 2.05) is 7.05 Å². The molecule has 0 aromatic carbocycles. The molecule has 4 heterocycles. The van der Waals surface area contributed by atoms with Gasteiger partial charge in [-0.05, 0) is 25.6 Å². The largest absolute Gasteiger partial charge is 0.477 e. The molecule has 28 heavy (non-hydrogen) atoms. The van der Waals surface area contributed by atoms with E-state index < -0.39 is 11.4 Å². The molecule has 0 aliphatic carbocycles. The van der Waals surface area contributed by atoms with Crippen LogP contribution in [0.25, 0.3) is 16.2 Å². The van der Waals surface area contributed by atoms with Gasteiger partial charge in [0.2, 0.25) is 5.43 Å². The number of carbonyl (C=O) groups is 1. The van der Waals surface area contributed by atoms with Crippen molar-refractivity contribution < 1.29 is 15.0 Å². The fourth-order valence-electron chi connectivity index (χ4n) is 3.21. The summed E-state index contributed by atoms with van der Waals surface area (Å²) in [5.74, 6) is -0.495. The normalized spacial score (nSPS) is 16.1. The number of carboxylic acid groups (broad SMARTS) is 1. The number of aliphatic hydroxyl groups is 1. The van der Waals surface area contributed by atoms with Gasteiger partial charge >= 0.3 is 5.97 Å². The SMILES string of the molecule is CNC1CCN(c2ccc3c(=O)c(C(=O)O)cn(-c4nccs4)c3n2)C1.CO. The van der Waals surface area contributed by atoms with E-state index in [1.165, 1.54) is 17.5 Å². The molecule has 10 heteroatoms. The summed E-state index contributed by atoms with van der Waals surface area (Å²) < 4.78 is 1.58. The number of nitrogens with zero attached hydrogens (tertiary/aromatic N) is 4. The Balaban J connectivity index is 0.00000109. The van der Waals surface area contributed by atoms with Crippen molar-refractivity contribution in [1.82, 2.24) is 19.9 Å². The first-order valence-corrected chi connectivity index (χ1v) is 9.53. The van der Waals surface area contributed by atoms with E-state index in [1.54, 1.807) is 28.3 Å². The topological polar surface area (TPSA) is 121 Å². The summed E-state index contributed by atoms with van der Waals surface area (Å²) in [4.78, 5) is 35.1. The minimum atomic E-state index is -1.26. The monoisotopic (exact) mass is 403 g/mol. The van der Waals surface area contributed by atoms with E-state index in [0.29, 0.717) is 16.8 Å². The van der Waals surface area contributed by atoms with Crippen LogP contribution in [0.5, 0.6) is 0 Å². The van der Waals surface area contributed by atoms with Gasteiger partial charge in [0.05, 0.1) is 5.39 Å². The van der Waals surface area contributed by atoms with Crippen molar-refractivity contribution >= 4 is 34.2 Å². The maximum Gasteiger partial charge on any atom is 0.341 e. The zero-order chi connectivity index (χ0) is 20.3. The van der Waals surface area contributed by atoms with Gasteiger partial charge in [-0.3, -0.25) is 9.36 Å². The first-order chi connectivity index (χ1) is 13.6. The molecule has 0 amide bonds. The standard InChI is InChI=1S/C17H17N5O3S.CH4O/c1-18-10-4-6-21(8-10)13-3-2-11-14(23)12(16(24)25)9-22(15(11)20-13)17-19-5-7-26-17;1-2/h2-3,5,7,9-10,18H,4,6,8H2,1H3,(H,24,25);2H,1H3. The average Bonchev–Trinajstić information content (AvgIpc) is 3.41. The van der Waals surface area contributed by atoms with Crippen LogP contribution in [0.4, 0.5) is 5.82 Å². The van der Waals surface area contributed by atoms with Crippen molar-refractivity contribution in [2.45, 2.75) is 12.5 Å². The summed E-state index contributed by atoms with van der Waals surface area (Å²) in [6, 6.07) is 3.84. The molecule has 0 spiro atoms. The van der Waals surface area contributed by atoms with Crippen LogP contribution in [0.1, 0.15) is 16.8 Å². The lowest BCUT2D eigenvalue weighted by atomic mass is 10.2. The van der Waals surface area contributed by atoms with Crippen LogP contribution in [-0.4, -0.2) is 64.0 Å². The summed E-state index contributed by atoms with van der Waals surface area (Å²) in [5, 5.41) is 22.3. The lowest BCUT2D eigenvalue weighted by Crippen LogP contribution is -2.30. The molecule has 9 nitrogen and oxygen atoms in total. The quantitative estimate of drug-likeness (QED) is 0.589. The van der Waals surface area contributed by atoms with Crippen molar-refractivity contribution in [3.63, 3.8) is 0 Å². The molecular weight excluding hydrogens is 382 g/mol. The number of thiazole rings is 1. The highest BCUT2D eigenvalue weighted by Gasteiger charge is 2.23. The molecule has 3 aromatic heterocycles. The van der Waals surface area contributed by atoms with Crippen LogP contribution in [0, 0.1) is 0 Å². The summed E-state index contributed by atoms with van der Waals surface area (Å²) >= 11 is 1.35. The van der Waals surface area contributed by atoms with Gasteiger partial charge in [-0.15, -0.1) is 11.3 Å². The van der Waals surface area contributed by atoms with E-state index in [2.05, 4.69) is 20.2 Å². The molecule has 1 fully saturated rings. The third kappa shape index (κ3) is 3.61. The molecule has 0 bridgehead atoms. The number of aliphatic hydroxyl groups excluding tert-OH is 1. The van der Waals surface area contributed by atoms with Crippen LogP contribution < -0.4 is 15.6 Å². The van der Waals surface area contributed by atoms with Crippen LogP contribution in [0.3, 0.4) is 0 Å². The second-order valence-corrected chi connectivity index (χ2v) is 7.00. The third-order valence-corrected chi connectivity index (χ3v) is 5.38. The number of aromatic carboxylic acids is 1. The molecule has 0 radical (unpaired) electrons. The number of rotatable bonds is 4. The second kappa shape index (κ2) is 8.46. The van der Waals surface area contributed by atoms with Crippen molar-refractivity contribution in [2.75, 3.05) is 32.1 Å². The van der Waals surface area contributed by atoms with Crippen molar-refractivity contribution in [3.05, 3.63) is 45.7 Å². The van der Waals surface area contributed by atoms with Gasteiger partial charge in [0, 0.05) is 44.0 Å². The Labute approximate surface area is 164 Å². The fourth-order valence-corrected chi connectivity index (χ4v) is 3.82.